The van der Waals surface area contributed by atoms with Crippen LogP contribution in [0.3, 0.4) is 0 Å². The van der Waals surface area contributed by atoms with Crippen molar-refractivity contribution in [1.29, 1.82) is 0 Å². The molecule has 1 aromatic rings. The fourth-order valence-corrected chi connectivity index (χ4v) is 2.39. The van der Waals surface area contributed by atoms with E-state index in [1.54, 1.807) is 0 Å². The van der Waals surface area contributed by atoms with Crippen LogP contribution in [0.1, 0.15) is 37.3 Å². The lowest BCUT2D eigenvalue weighted by Gasteiger charge is -2.32. The van der Waals surface area contributed by atoms with Gasteiger partial charge in [0.15, 0.2) is 0 Å². The summed E-state index contributed by atoms with van der Waals surface area (Å²) in [6.45, 7) is 6.17. The average molecular weight is 230 g/mol. The van der Waals surface area contributed by atoms with Crippen molar-refractivity contribution in [2.45, 2.75) is 31.7 Å². The Morgan fingerprint density at radius 2 is 1.88 bits per heavy atom. The van der Waals surface area contributed by atoms with Gasteiger partial charge in [-0.05, 0) is 18.4 Å². The Hall–Kier alpha value is -1.12. The highest BCUT2D eigenvalue weighted by molar-refractivity contribution is 5.22. The Balaban J connectivity index is 2.08. The van der Waals surface area contributed by atoms with E-state index < -0.39 is 0 Å². The molecule has 1 aliphatic heterocycles. The molecule has 0 aromatic heterocycles. The molecule has 1 N–H and O–H groups in total. The maximum atomic E-state index is 3.98. The van der Waals surface area contributed by atoms with Crippen LogP contribution < -0.4 is 5.43 Å². The molecule has 2 nitrogen and oxygen atoms in total. The quantitative estimate of drug-likeness (QED) is 0.802. The fraction of sp³-hybridized carbons (Fsp3) is 0.467. The van der Waals surface area contributed by atoms with Crippen molar-refractivity contribution < 1.29 is 0 Å². The molecule has 2 rings (SSSR count). The van der Waals surface area contributed by atoms with Gasteiger partial charge in [0, 0.05) is 13.1 Å². The molecule has 0 amide bonds. The summed E-state index contributed by atoms with van der Waals surface area (Å²) >= 11 is 0. The number of nitrogens with zero attached hydrogens (tertiary/aromatic N) is 1. The first kappa shape index (κ1) is 12.3. The predicted molar refractivity (Wildman–Crippen MR) is 72.6 cm³/mol. The molecule has 1 fully saturated rings. The van der Waals surface area contributed by atoms with Crippen molar-refractivity contribution in [3.63, 3.8) is 0 Å². The summed E-state index contributed by atoms with van der Waals surface area (Å²) in [5.74, 6) is 0. The lowest BCUT2D eigenvalue weighted by Crippen LogP contribution is -2.42. The van der Waals surface area contributed by atoms with Gasteiger partial charge in [0.2, 0.25) is 0 Å². The average Bonchev–Trinajstić information content (AvgIpc) is 2.34. The van der Waals surface area contributed by atoms with Gasteiger partial charge in [-0.3, -0.25) is 5.43 Å². The molecule has 0 radical (unpaired) electrons. The molecule has 0 aliphatic carbocycles. The summed E-state index contributed by atoms with van der Waals surface area (Å²) < 4.78 is 0. The van der Waals surface area contributed by atoms with E-state index in [1.165, 1.54) is 31.2 Å². The second-order valence-electron chi connectivity index (χ2n) is 4.61. The van der Waals surface area contributed by atoms with Crippen molar-refractivity contribution in [1.82, 2.24) is 10.4 Å². The third-order valence-electron chi connectivity index (χ3n) is 3.34. The third kappa shape index (κ3) is 3.42. The lowest BCUT2D eigenvalue weighted by atomic mass is 10.1. The summed E-state index contributed by atoms with van der Waals surface area (Å²) in [6, 6.07) is 10.9. The van der Waals surface area contributed by atoms with E-state index in [2.05, 4.69) is 47.3 Å². The zero-order chi connectivity index (χ0) is 11.9. The van der Waals surface area contributed by atoms with Crippen LogP contribution in [-0.2, 0) is 0 Å². The van der Waals surface area contributed by atoms with Gasteiger partial charge >= 0.3 is 0 Å². The van der Waals surface area contributed by atoms with E-state index in [0.717, 1.165) is 13.1 Å². The van der Waals surface area contributed by atoms with Gasteiger partial charge in [0.05, 0.1) is 6.04 Å². The van der Waals surface area contributed by atoms with Crippen molar-refractivity contribution in [3.05, 3.63) is 48.6 Å². The molecule has 0 bridgehead atoms. The minimum atomic E-state index is 0.286. The molecule has 92 valence electrons. The highest BCUT2D eigenvalue weighted by Crippen LogP contribution is 2.21. The van der Waals surface area contributed by atoms with E-state index in [4.69, 9.17) is 0 Å². The van der Waals surface area contributed by atoms with E-state index in [-0.39, 0.29) is 6.04 Å². The summed E-state index contributed by atoms with van der Waals surface area (Å²) in [5, 5.41) is 2.33. The van der Waals surface area contributed by atoms with Crippen molar-refractivity contribution in [2.75, 3.05) is 13.1 Å². The van der Waals surface area contributed by atoms with Crippen LogP contribution in [-0.4, -0.2) is 18.1 Å². The zero-order valence-corrected chi connectivity index (χ0v) is 10.4. The summed E-state index contributed by atoms with van der Waals surface area (Å²) in [4.78, 5) is 0. The molecule has 1 heterocycles. The van der Waals surface area contributed by atoms with E-state index in [1.807, 2.05) is 6.08 Å². The standard InChI is InChI=1S/C15H22N2/c1-2-15(14-10-6-5-7-11-14)17-13-9-4-3-8-12-16-17/h2,5-7,10-11,15-16H,1,3-4,8-9,12-13H2. The highest BCUT2D eigenvalue weighted by Gasteiger charge is 2.17. The summed E-state index contributed by atoms with van der Waals surface area (Å²) in [5.41, 5.74) is 4.85. The normalized spacial score (nSPS) is 20.2. The van der Waals surface area contributed by atoms with Crippen molar-refractivity contribution in [2.24, 2.45) is 0 Å². The zero-order valence-electron chi connectivity index (χ0n) is 10.4. The van der Waals surface area contributed by atoms with Crippen LogP contribution >= 0.6 is 0 Å². The largest absolute Gasteiger partial charge is 0.254 e. The second kappa shape index (κ2) is 6.58. The Morgan fingerprint density at radius 1 is 1.12 bits per heavy atom. The summed E-state index contributed by atoms with van der Waals surface area (Å²) in [6.07, 6.45) is 7.27. The molecule has 2 heteroatoms. The maximum absolute atomic E-state index is 3.98. The van der Waals surface area contributed by atoms with Gasteiger partial charge in [0.25, 0.3) is 0 Å². The van der Waals surface area contributed by atoms with Crippen LogP contribution in [0.4, 0.5) is 0 Å². The van der Waals surface area contributed by atoms with Crippen LogP contribution in [0.25, 0.3) is 0 Å². The molecule has 17 heavy (non-hydrogen) atoms. The Bertz CT molecular complexity index is 326. The van der Waals surface area contributed by atoms with Gasteiger partial charge in [-0.25, -0.2) is 5.01 Å². The van der Waals surface area contributed by atoms with Crippen LogP contribution in [0.2, 0.25) is 0 Å². The molecule has 0 saturated carbocycles. The van der Waals surface area contributed by atoms with Crippen LogP contribution in [0.15, 0.2) is 43.0 Å². The molecule has 1 unspecified atom stereocenters. The minimum absolute atomic E-state index is 0.286. The third-order valence-corrected chi connectivity index (χ3v) is 3.34. The molecule has 1 aromatic carbocycles. The topological polar surface area (TPSA) is 15.3 Å². The number of hydrogen-bond acceptors (Lipinski definition) is 2. The number of benzene rings is 1. The number of rotatable bonds is 3. The smallest absolute Gasteiger partial charge is 0.0671 e. The molecular weight excluding hydrogens is 208 g/mol. The molecule has 0 spiro atoms. The first-order valence-electron chi connectivity index (χ1n) is 6.59. The number of nitrogens with one attached hydrogen (secondary N) is 1. The van der Waals surface area contributed by atoms with Gasteiger partial charge in [-0.2, -0.15) is 0 Å². The predicted octanol–water partition coefficient (Wildman–Crippen LogP) is 3.29. The van der Waals surface area contributed by atoms with Gasteiger partial charge in [-0.1, -0.05) is 49.2 Å². The number of hydrazine groups is 1. The second-order valence-corrected chi connectivity index (χ2v) is 4.61. The molecular formula is C15H22N2. The van der Waals surface area contributed by atoms with Crippen molar-refractivity contribution in [3.8, 4) is 0 Å². The van der Waals surface area contributed by atoms with E-state index in [9.17, 15) is 0 Å². The van der Waals surface area contributed by atoms with Gasteiger partial charge < -0.3 is 0 Å². The molecule has 1 atom stereocenters. The monoisotopic (exact) mass is 230 g/mol. The maximum Gasteiger partial charge on any atom is 0.0671 e. The number of hydrogen-bond donors (Lipinski definition) is 1. The van der Waals surface area contributed by atoms with Crippen molar-refractivity contribution >= 4 is 0 Å². The van der Waals surface area contributed by atoms with Crippen LogP contribution in [0, 0.1) is 0 Å². The Labute approximate surface area is 104 Å². The SMILES string of the molecule is C=CC(c1ccccc1)N1CCCCCCN1. The Morgan fingerprint density at radius 3 is 2.65 bits per heavy atom. The first-order valence-corrected chi connectivity index (χ1v) is 6.59. The Kier molecular flexibility index (Phi) is 4.77. The van der Waals surface area contributed by atoms with E-state index in [0.29, 0.717) is 0 Å². The molecule has 1 aliphatic rings. The fourth-order valence-electron chi connectivity index (χ4n) is 2.39. The summed E-state index contributed by atoms with van der Waals surface area (Å²) in [7, 11) is 0. The minimum Gasteiger partial charge on any atom is -0.254 e. The van der Waals surface area contributed by atoms with Crippen LogP contribution in [0.5, 0.6) is 0 Å². The van der Waals surface area contributed by atoms with E-state index >= 15 is 0 Å². The molecule has 1 saturated heterocycles. The van der Waals surface area contributed by atoms with Gasteiger partial charge in [-0.15, -0.1) is 6.58 Å². The lowest BCUT2D eigenvalue weighted by molar-refractivity contribution is 0.137. The highest BCUT2D eigenvalue weighted by atomic mass is 15.5. The first-order chi connectivity index (χ1) is 8.42. The van der Waals surface area contributed by atoms with Gasteiger partial charge in [0.1, 0.15) is 0 Å².